The Labute approximate surface area is 204 Å². The highest BCUT2D eigenvalue weighted by molar-refractivity contribution is 6.01. The van der Waals surface area contributed by atoms with Gasteiger partial charge in [-0.15, -0.1) is 0 Å². The highest BCUT2D eigenvalue weighted by Gasteiger charge is 2.83. The maximum absolute atomic E-state index is 13.9. The number of esters is 2. The average Bonchev–Trinajstić information content (AvgIpc) is 3.56. The summed E-state index contributed by atoms with van der Waals surface area (Å²) >= 11 is 0. The fraction of sp³-hybridized carbons (Fsp3) is 0.607. The predicted octanol–water partition coefficient (Wildman–Crippen LogP) is 4.13. The number of carbonyl (C=O) groups is 3. The Kier molecular flexibility index (Phi) is 4.39. The Hall–Kier alpha value is -2.67. The fourth-order valence-electron chi connectivity index (χ4n) is 8.72. The van der Waals surface area contributed by atoms with E-state index in [0.717, 1.165) is 17.6 Å². The molecule has 35 heavy (non-hydrogen) atoms. The normalized spacial score (nSPS) is 47.4. The van der Waals surface area contributed by atoms with Crippen LogP contribution in [0.5, 0.6) is 0 Å². The second-order valence-corrected chi connectivity index (χ2v) is 11.7. The molecule has 9 atom stereocenters. The number of ether oxygens (including phenoxy) is 3. The molecule has 0 spiro atoms. The molecule has 3 heterocycles. The van der Waals surface area contributed by atoms with Crippen molar-refractivity contribution in [2.45, 2.75) is 71.7 Å². The van der Waals surface area contributed by atoms with Crippen LogP contribution in [0.3, 0.4) is 0 Å². The van der Waals surface area contributed by atoms with Crippen molar-refractivity contribution < 1.29 is 33.0 Å². The van der Waals surface area contributed by atoms with Crippen molar-refractivity contribution in [3.8, 4) is 0 Å². The number of fused-ring (bicyclic) bond motifs is 4. The molecule has 7 nitrogen and oxygen atoms in total. The second kappa shape index (κ2) is 6.75. The summed E-state index contributed by atoms with van der Waals surface area (Å²) in [4.78, 5) is 40.1. The number of allylic oxidation sites excluding steroid dienone is 2. The van der Waals surface area contributed by atoms with Gasteiger partial charge < -0.3 is 18.6 Å². The van der Waals surface area contributed by atoms with Crippen molar-refractivity contribution in [3.63, 3.8) is 0 Å². The second-order valence-electron chi connectivity index (χ2n) is 11.7. The lowest BCUT2D eigenvalue weighted by molar-refractivity contribution is -0.220. The van der Waals surface area contributed by atoms with Crippen molar-refractivity contribution in [1.82, 2.24) is 0 Å². The van der Waals surface area contributed by atoms with Gasteiger partial charge in [0.15, 0.2) is 5.78 Å². The molecule has 0 N–H and O–H groups in total. The highest BCUT2D eigenvalue weighted by atomic mass is 16.6. The monoisotopic (exact) mass is 480 g/mol. The molecule has 2 saturated heterocycles. The van der Waals surface area contributed by atoms with E-state index in [4.69, 9.17) is 18.6 Å². The number of carbonyl (C=O) groups excluding carboxylic acids is 3. The van der Waals surface area contributed by atoms with E-state index in [1.54, 1.807) is 18.6 Å². The first-order valence-electron chi connectivity index (χ1n) is 12.4. The summed E-state index contributed by atoms with van der Waals surface area (Å²) in [6.07, 6.45) is 6.18. The molecule has 1 aromatic heterocycles. The lowest BCUT2D eigenvalue weighted by Gasteiger charge is -2.64. The van der Waals surface area contributed by atoms with Gasteiger partial charge in [-0.05, 0) is 49.5 Å². The maximum Gasteiger partial charge on any atom is 0.316 e. The van der Waals surface area contributed by atoms with Gasteiger partial charge in [-0.1, -0.05) is 32.4 Å². The Balaban J connectivity index is 1.61. The molecule has 7 heteroatoms. The smallest absolute Gasteiger partial charge is 0.316 e. The predicted molar refractivity (Wildman–Crippen MR) is 124 cm³/mol. The minimum absolute atomic E-state index is 0.0510. The zero-order valence-electron chi connectivity index (χ0n) is 21.0. The van der Waals surface area contributed by atoms with E-state index in [0.29, 0.717) is 0 Å². The average molecular weight is 481 g/mol. The summed E-state index contributed by atoms with van der Waals surface area (Å²) in [6, 6.07) is 1.97. The van der Waals surface area contributed by atoms with Crippen LogP contribution in [0.25, 0.3) is 0 Å². The molecule has 186 valence electrons. The van der Waals surface area contributed by atoms with Gasteiger partial charge in [0.1, 0.15) is 12.2 Å². The summed E-state index contributed by atoms with van der Waals surface area (Å²) in [5.74, 6) is -1.12. The van der Waals surface area contributed by atoms with Gasteiger partial charge in [0.25, 0.3) is 0 Å². The minimum Gasteiger partial charge on any atom is -0.472 e. The Morgan fingerprint density at radius 1 is 1.17 bits per heavy atom. The summed E-state index contributed by atoms with van der Waals surface area (Å²) in [5.41, 5.74) is -0.255. The SMILES string of the molecule is COC(=O)C[C@H]1[C@]2(C)C3=C(C)[C@H](c4ccoc4)C[C@H]3O[C@@H]2[C@@H]2OC(=O)[C@]3(C)C=CC(=O)[C@@]1(C)[C@@]23C. The van der Waals surface area contributed by atoms with E-state index in [-0.39, 0.29) is 36.2 Å². The van der Waals surface area contributed by atoms with Crippen molar-refractivity contribution in [3.05, 3.63) is 47.5 Å². The largest absolute Gasteiger partial charge is 0.472 e. The lowest BCUT2D eigenvalue weighted by Crippen LogP contribution is -2.71. The maximum atomic E-state index is 13.9. The molecule has 2 aliphatic heterocycles. The van der Waals surface area contributed by atoms with Crippen LogP contribution in [-0.4, -0.2) is 43.1 Å². The number of rotatable bonds is 3. The van der Waals surface area contributed by atoms with Crippen molar-refractivity contribution >= 4 is 17.7 Å². The first kappa shape index (κ1) is 22.8. The van der Waals surface area contributed by atoms with Crippen LogP contribution in [0.1, 0.15) is 58.9 Å². The number of hydrogen-bond acceptors (Lipinski definition) is 7. The van der Waals surface area contributed by atoms with E-state index in [1.807, 2.05) is 26.8 Å². The zero-order chi connectivity index (χ0) is 25.1. The molecule has 0 aromatic carbocycles. The zero-order valence-corrected chi connectivity index (χ0v) is 21.0. The highest BCUT2D eigenvalue weighted by Crippen LogP contribution is 2.76. The first-order chi connectivity index (χ1) is 16.5. The van der Waals surface area contributed by atoms with Gasteiger partial charge in [0.2, 0.25) is 0 Å². The van der Waals surface area contributed by atoms with Crippen molar-refractivity contribution in [2.75, 3.05) is 7.11 Å². The van der Waals surface area contributed by atoms with Gasteiger partial charge in [-0.2, -0.15) is 0 Å². The topological polar surface area (TPSA) is 92.0 Å². The fourth-order valence-corrected chi connectivity index (χ4v) is 8.72. The number of furan rings is 1. The van der Waals surface area contributed by atoms with Crippen LogP contribution >= 0.6 is 0 Å². The van der Waals surface area contributed by atoms with Crippen LogP contribution in [0.2, 0.25) is 0 Å². The number of methoxy groups -OCH3 is 1. The molecule has 6 rings (SSSR count). The molecule has 1 aromatic rings. The molecule has 0 amide bonds. The summed E-state index contributed by atoms with van der Waals surface area (Å²) in [5, 5.41) is 0. The number of hydrogen-bond donors (Lipinski definition) is 0. The molecule has 0 radical (unpaired) electrons. The van der Waals surface area contributed by atoms with Gasteiger partial charge >= 0.3 is 11.9 Å². The molecule has 3 aliphatic carbocycles. The summed E-state index contributed by atoms with van der Waals surface area (Å²) in [6.45, 7) is 9.96. The van der Waals surface area contributed by atoms with Gasteiger partial charge in [-0.3, -0.25) is 14.4 Å². The Morgan fingerprint density at radius 2 is 1.91 bits per heavy atom. The molecule has 0 bridgehead atoms. The van der Waals surface area contributed by atoms with Gasteiger partial charge in [0, 0.05) is 22.2 Å². The molecule has 1 saturated carbocycles. The van der Waals surface area contributed by atoms with Crippen LogP contribution in [-0.2, 0) is 28.6 Å². The molecule has 3 fully saturated rings. The molecular weight excluding hydrogens is 448 g/mol. The first-order valence-corrected chi connectivity index (χ1v) is 12.4. The third-order valence-electron chi connectivity index (χ3n) is 10.9. The summed E-state index contributed by atoms with van der Waals surface area (Å²) < 4.78 is 23.4. The van der Waals surface area contributed by atoms with Crippen molar-refractivity contribution in [1.29, 1.82) is 0 Å². The van der Waals surface area contributed by atoms with E-state index in [1.165, 1.54) is 18.8 Å². The van der Waals surface area contributed by atoms with E-state index in [2.05, 4.69) is 13.8 Å². The van der Waals surface area contributed by atoms with Gasteiger partial charge in [0.05, 0.1) is 37.6 Å². The standard InChI is InChI=1S/C28H32O7/c1-14-16(15-8-10-33-13-15)11-17-21(14)26(3)18(12-20(30)32-6)27(4)19(29)7-9-25(2)24(31)35-23(22(26)34-17)28(25,27)5/h7-10,13,16-18,22-23H,11-12H2,1-6H3/t16-,17-,18+,22-,23+,25+,26-,27+,28+/m1/s1. The van der Waals surface area contributed by atoms with Crippen molar-refractivity contribution in [2.24, 2.45) is 27.6 Å². The van der Waals surface area contributed by atoms with E-state index in [9.17, 15) is 14.4 Å². The number of ketones is 1. The lowest BCUT2D eigenvalue weighted by atomic mass is 9.36. The summed E-state index contributed by atoms with van der Waals surface area (Å²) in [7, 11) is 1.37. The van der Waals surface area contributed by atoms with Crippen LogP contribution in [0, 0.1) is 27.6 Å². The molecular formula is C28H32O7. The molecule has 5 aliphatic rings. The third kappa shape index (κ3) is 2.30. The Morgan fingerprint density at radius 3 is 2.57 bits per heavy atom. The molecule has 0 unspecified atom stereocenters. The Bertz CT molecular complexity index is 1210. The van der Waals surface area contributed by atoms with E-state index >= 15 is 0 Å². The van der Waals surface area contributed by atoms with Crippen LogP contribution < -0.4 is 0 Å². The van der Waals surface area contributed by atoms with E-state index < -0.39 is 39.8 Å². The van der Waals surface area contributed by atoms with Crippen LogP contribution in [0.15, 0.2) is 46.3 Å². The van der Waals surface area contributed by atoms with Gasteiger partial charge in [-0.25, -0.2) is 0 Å². The van der Waals surface area contributed by atoms with Crippen LogP contribution in [0.4, 0.5) is 0 Å². The quantitative estimate of drug-likeness (QED) is 0.474. The third-order valence-corrected chi connectivity index (χ3v) is 10.9. The minimum atomic E-state index is -1.05.